The van der Waals surface area contributed by atoms with Crippen LogP contribution >= 0.6 is 0 Å². The number of nitrogen functional groups attached to an aromatic ring is 1. The predicted octanol–water partition coefficient (Wildman–Crippen LogP) is 0.856. The van der Waals surface area contributed by atoms with E-state index in [1.165, 1.54) is 0 Å². The Hall–Kier alpha value is -1.49. The third kappa shape index (κ3) is 2.79. The van der Waals surface area contributed by atoms with E-state index in [-0.39, 0.29) is 5.91 Å². The molecule has 17 heavy (non-hydrogen) atoms. The third-order valence-electron chi connectivity index (χ3n) is 3.07. The van der Waals surface area contributed by atoms with Crippen molar-refractivity contribution >= 4 is 11.6 Å². The van der Waals surface area contributed by atoms with Crippen LogP contribution in [0.5, 0.6) is 0 Å². The van der Waals surface area contributed by atoms with Crippen molar-refractivity contribution in [2.24, 2.45) is 5.92 Å². The summed E-state index contributed by atoms with van der Waals surface area (Å²) in [6, 6.07) is 1.71. The third-order valence-corrected chi connectivity index (χ3v) is 3.07. The van der Waals surface area contributed by atoms with Crippen LogP contribution in [0.1, 0.15) is 23.8 Å². The summed E-state index contributed by atoms with van der Waals surface area (Å²) in [5.41, 5.74) is 6.94. The molecule has 1 amide bonds. The first kappa shape index (κ1) is 12.0. The van der Waals surface area contributed by atoms with Crippen LogP contribution < -0.4 is 11.1 Å². The van der Waals surface area contributed by atoms with Crippen LogP contribution in [0.15, 0.2) is 12.3 Å². The number of amides is 1. The SMILES string of the molecule is CCn1cc(N)cc1C(=O)NCC1CCOC1. The van der Waals surface area contributed by atoms with E-state index in [1.807, 2.05) is 11.5 Å². The van der Waals surface area contributed by atoms with E-state index in [0.29, 0.717) is 23.8 Å². The van der Waals surface area contributed by atoms with Crippen LogP contribution in [0.25, 0.3) is 0 Å². The van der Waals surface area contributed by atoms with Gasteiger partial charge in [0.25, 0.3) is 5.91 Å². The molecule has 3 N–H and O–H groups in total. The lowest BCUT2D eigenvalue weighted by Crippen LogP contribution is -2.30. The molecule has 0 aromatic carbocycles. The molecule has 2 rings (SSSR count). The second-order valence-corrected chi connectivity index (χ2v) is 4.38. The molecule has 0 aliphatic carbocycles. The van der Waals surface area contributed by atoms with Crippen LogP contribution in [-0.2, 0) is 11.3 Å². The second kappa shape index (κ2) is 5.23. The van der Waals surface area contributed by atoms with Gasteiger partial charge in [0.1, 0.15) is 5.69 Å². The average Bonchev–Trinajstić information content (AvgIpc) is 2.94. The van der Waals surface area contributed by atoms with Gasteiger partial charge in [-0.1, -0.05) is 0 Å². The van der Waals surface area contributed by atoms with E-state index in [0.717, 1.165) is 26.2 Å². The molecule has 1 saturated heterocycles. The lowest BCUT2D eigenvalue weighted by atomic mass is 10.1. The first-order valence-electron chi connectivity index (χ1n) is 6.02. The maximum absolute atomic E-state index is 12.0. The minimum Gasteiger partial charge on any atom is -0.397 e. The van der Waals surface area contributed by atoms with Crippen LogP contribution in [0.2, 0.25) is 0 Å². The van der Waals surface area contributed by atoms with E-state index in [2.05, 4.69) is 5.32 Å². The van der Waals surface area contributed by atoms with Gasteiger partial charge in [0, 0.05) is 31.8 Å². The minimum absolute atomic E-state index is 0.0598. The number of aromatic nitrogens is 1. The molecule has 1 aliphatic heterocycles. The van der Waals surface area contributed by atoms with Gasteiger partial charge in [0.15, 0.2) is 0 Å². The highest BCUT2D eigenvalue weighted by atomic mass is 16.5. The van der Waals surface area contributed by atoms with Crippen molar-refractivity contribution in [1.82, 2.24) is 9.88 Å². The number of carbonyl (C=O) groups excluding carboxylic acids is 1. The predicted molar refractivity (Wildman–Crippen MR) is 65.8 cm³/mol. The zero-order valence-electron chi connectivity index (χ0n) is 10.1. The first-order valence-corrected chi connectivity index (χ1v) is 6.02. The fourth-order valence-corrected chi connectivity index (χ4v) is 2.06. The first-order chi connectivity index (χ1) is 8.20. The van der Waals surface area contributed by atoms with Gasteiger partial charge in [-0.15, -0.1) is 0 Å². The highest BCUT2D eigenvalue weighted by Gasteiger charge is 2.18. The highest BCUT2D eigenvalue weighted by molar-refractivity contribution is 5.93. The van der Waals surface area contributed by atoms with E-state index in [1.54, 1.807) is 12.3 Å². The van der Waals surface area contributed by atoms with Crippen molar-refractivity contribution in [3.63, 3.8) is 0 Å². The van der Waals surface area contributed by atoms with Crippen molar-refractivity contribution in [3.8, 4) is 0 Å². The summed E-state index contributed by atoms with van der Waals surface area (Å²) >= 11 is 0. The summed E-state index contributed by atoms with van der Waals surface area (Å²) in [4.78, 5) is 12.0. The number of rotatable bonds is 4. The largest absolute Gasteiger partial charge is 0.397 e. The van der Waals surface area contributed by atoms with Gasteiger partial charge in [0.2, 0.25) is 0 Å². The molecule has 2 heterocycles. The zero-order valence-corrected chi connectivity index (χ0v) is 10.1. The number of hydrogen-bond donors (Lipinski definition) is 2. The summed E-state index contributed by atoms with van der Waals surface area (Å²) in [6.45, 7) is 4.96. The lowest BCUT2D eigenvalue weighted by Gasteiger charge is -2.10. The Morgan fingerprint density at radius 3 is 3.18 bits per heavy atom. The lowest BCUT2D eigenvalue weighted by molar-refractivity contribution is 0.0936. The normalized spacial score (nSPS) is 19.5. The summed E-state index contributed by atoms with van der Waals surface area (Å²) < 4.78 is 7.12. The molecule has 0 radical (unpaired) electrons. The van der Waals surface area contributed by atoms with Crippen LogP contribution in [-0.4, -0.2) is 30.2 Å². The van der Waals surface area contributed by atoms with E-state index in [9.17, 15) is 4.79 Å². The summed E-state index contributed by atoms with van der Waals surface area (Å²) in [5, 5.41) is 2.93. The number of nitrogens with one attached hydrogen (secondary N) is 1. The van der Waals surface area contributed by atoms with Crippen molar-refractivity contribution < 1.29 is 9.53 Å². The number of hydrogen-bond acceptors (Lipinski definition) is 3. The van der Waals surface area contributed by atoms with Crippen molar-refractivity contribution in [2.75, 3.05) is 25.5 Å². The Morgan fingerprint density at radius 1 is 1.71 bits per heavy atom. The Balaban J connectivity index is 1.93. The van der Waals surface area contributed by atoms with Gasteiger partial charge in [-0.3, -0.25) is 4.79 Å². The van der Waals surface area contributed by atoms with E-state index < -0.39 is 0 Å². The molecule has 1 fully saturated rings. The Labute approximate surface area is 101 Å². The monoisotopic (exact) mass is 237 g/mol. The molecular weight excluding hydrogens is 218 g/mol. The molecule has 0 spiro atoms. The quantitative estimate of drug-likeness (QED) is 0.816. The molecule has 1 atom stereocenters. The highest BCUT2D eigenvalue weighted by Crippen LogP contribution is 2.13. The number of ether oxygens (including phenoxy) is 1. The molecular formula is C12H19N3O2. The fraction of sp³-hybridized carbons (Fsp3) is 0.583. The maximum Gasteiger partial charge on any atom is 0.267 e. The molecule has 1 aromatic heterocycles. The van der Waals surface area contributed by atoms with Gasteiger partial charge >= 0.3 is 0 Å². The number of nitrogens with zero attached hydrogens (tertiary/aromatic N) is 1. The molecule has 5 heteroatoms. The second-order valence-electron chi connectivity index (χ2n) is 4.38. The molecule has 1 unspecified atom stereocenters. The Morgan fingerprint density at radius 2 is 2.53 bits per heavy atom. The van der Waals surface area contributed by atoms with Crippen LogP contribution in [0.3, 0.4) is 0 Å². The fourth-order valence-electron chi connectivity index (χ4n) is 2.06. The molecule has 1 aromatic rings. The van der Waals surface area contributed by atoms with Crippen LogP contribution in [0, 0.1) is 5.92 Å². The number of carbonyl (C=O) groups is 1. The van der Waals surface area contributed by atoms with Gasteiger partial charge in [-0.25, -0.2) is 0 Å². The van der Waals surface area contributed by atoms with Gasteiger partial charge in [0.05, 0.1) is 12.3 Å². The summed E-state index contributed by atoms with van der Waals surface area (Å²) in [7, 11) is 0. The Bertz CT molecular complexity index is 394. The van der Waals surface area contributed by atoms with Crippen molar-refractivity contribution in [3.05, 3.63) is 18.0 Å². The molecule has 5 nitrogen and oxygen atoms in total. The molecule has 0 bridgehead atoms. The zero-order chi connectivity index (χ0) is 12.3. The van der Waals surface area contributed by atoms with Crippen LogP contribution in [0.4, 0.5) is 5.69 Å². The van der Waals surface area contributed by atoms with Gasteiger partial charge < -0.3 is 20.4 Å². The number of aryl methyl sites for hydroxylation is 1. The maximum atomic E-state index is 12.0. The van der Waals surface area contributed by atoms with Crippen molar-refractivity contribution in [2.45, 2.75) is 19.9 Å². The average molecular weight is 237 g/mol. The smallest absolute Gasteiger partial charge is 0.267 e. The van der Waals surface area contributed by atoms with E-state index in [4.69, 9.17) is 10.5 Å². The minimum atomic E-state index is -0.0598. The number of anilines is 1. The summed E-state index contributed by atoms with van der Waals surface area (Å²) in [5.74, 6) is 0.386. The van der Waals surface area contributed by atoms with Crippen molar-refractivity contribution in [1.29, 1.82) is 0 Å². The Kier molecular flexibility index (Phi) is 3.68. The summed E-state index contributed by atoms with van der Waals surface area (Å²) in [6.07, 6.45) is 2.81. The number of nitrogens with two attached hydrogens (primary N) is 1. The van der Waals surface area contributed by atoms with E-state index >= 15 is 0 Å². The molecule has 1 aliphatic rings. The molecule has 94 valence electrons. The topological polar surface area (TPSA) is 69.3 Å². The standard InChI is InChI=1S/C12H19N3O2/c1-2-15-7-10(13)5-11(15)12(16)14-6-9-3-4-17-8-9/h5,7,9H,2-4,6,8,13H2,1H3,(H,14,16). The van der Waals surface area contributed by atoms with Gasteiger partial charge in [-0.05, 0) is 19.4 Å². The molecule has 0 saturated carbocycles. The van der Waals surface area contributed by atoms with Gasteiger partial charge in [-0.2, -0.15) is 0 Å².